The summed E-state index contributed by atoms with van der Waals surface area (Å²) in [5, 5.41) is 0. The van der Waals surface area contributed by atoms with E-state index in [1.807, 2.05) is 0 Å². The predicted octanol–water partition coefficient (Wildman–Crippen LogP) is 15.6. The van der Waals surface area contributed by atoms with Gasteiger partial charge in [-0.2, -0.15) is 0 Å². The first kappa shape index (κ1) is 46.0. The number of nitrogens with zero attached hydrogens (tertiary/aromatic N) is 2. The lowest BCUT2D eigenvalue weighted by atomic mass is 10.0. The minimum absolute atomic E-state index is 0.0169. The number of aromatic nitrogens is 2. The maximum Gasteiger partial charge on any atom is 0.200 e. The lowest BCUT2D eigenvalue weighted by molar-refractivity contribution is 0.381. The van der Waals surface area contributed by atoms with E-state index in [0.717, 1.165) is 0 Å². The standard InChI is InChI=1S/C44H8F20N2S2/c45-25-21(26(46)34(54)41(61)33(25)53)17-9-1-2-10(65-9)18(22-27(47)35(55)42(62)36(56)28(22)48)14-7-8-16(68-14)20(24-31(51)39(59)44(64)40(60)32(24)52)12-4-3-11(66-12)19(15-6-5-13(17)67-15)23-29(49)37(57)43(63)38(58)30(23)50/h1-8H. The van der Waals surface area contributed by atoms with Crippen molar-refractivity contribution in [2.75, 3.05) is 0 Å². The largest absolute Gasteiger partial charge is 0.248 e. The molecule has 0 fully saturated rings. The van der Waals surface area contributed by atoms with Crippen LogP contribution >= 0.6 is 22.7 Å². The second-order valence-corrected chi connectivity index (χ2v) is 16.2. The first-order valence-corrected chi connectivity index (χ1v) is 19.8. The van der Waals surface area contributed by atoms with E-state index in [2.05, 4.69) is 9.97 Å². The first-order valence-electron chi connectivity index (χ1n) is 18.1. The van der Waals surface area contributed by atoms with Gasteiger partial charge in [0, 0.05) is 41.1 Å². The van der Waals surface area contributed by atoms with Crippen LogP contribution < -0.4 is 0 Å². The average Bonchev–Trinajstić information content (AvgIpc) is 4.18. The molecule has 0 amide bonds. The zero-order valence-corrected chi connectivity index (χ0v) is 33.5. The molecule has 68 heavy (non-hydrogen) atoms. The van der Waals surface area contributed by atoms with Crippen molar-refractivity contribution in [2.24, 2.45) is 0 Å². The maximum atomic E-state index is 15.8. The van der Waals surface area contributed by atoms with Crippen LogP contribution in [0.3, 0.4) is 0 Å². The Hall–Kier alpha value is -7.08. The van der Waals surface area contributed by atoms with E-state index in [1.165, 1.54) is 0 Å². The average molecular weight is 1010 g/mol. The quantitative estimate of drug-likeness (QED) is 0.0997. The molecule has 7 aromatic rings. The highest BCUT2D eigenvalue weighted by Gasteiger charge is 2.35. The zero-order valence-electron chi connectivity index (χ0n) is 31.9. The second kappa shape index (κ2) is 16.3. The molecule has 0 unspecified atom stereocenters. The fourth-order valence-electron chi connectivity index (χ4n) is 7.30. The molecule has 4 aromatic carbocycles. The Morgan fingerprint density at radius 1 is 0.206 bits per heavy atom. The van der Waals surface area contributed by atoms with Gasteiger partial charge in [0.05, 0.1) is 45.0 Å². The Morgan fingerprint density at radius 2 is 0.353 bits per heavy atom. The van der Waals surface area contributed by atoms with E-state index in [9.17, 15) is 52.7 Å². The molecule has 2 aliphatic heterocycles. The Labute approximate surface area is 370 Å². The minimum Gasteiger partial charge on any atom is -0.248 e. The van der Waals surface area contributed by atoms with E-state index >= 15 is 35.1 Å². The Balaban J connectivity index is 1.60. The van der Waals surface area contributed by atoms with Crippen LogP contribution in [-0.2, 0) is 0 Å². The van der Waals surface area contributed by atoms with Crippen LogP contribution in [0.15, 0.2) is 24.3 Å². The molecule has 8 bridgehead atoms. The van der Waals surface area contributed by atoms with Crippen LogP contribution in [0.5, 0.6) is 0 Å². The fraction of sp³-hybridized carbons (Fsp3) is 0. The Morgan fingerprint density at radius 3 is 0.515 bits per heavy atom. The monoisotopic (exact) mass is 1010 g/mol. The van der Waals surface area contributed by atoms with Crippen LogP contribution in [0.2, 0.25) is 0 Å². The minimum atomic E-state index is -2.70. The van der Waals surface area contributed by atoms with E-state index in [1.54, 1.807) is 0 Å². The SMILES string of the molecule is Fc1c(F)c(F)c(-c2c3nc(c(-c4c(F)c(F)c(F)c(F)c4F)c4ccc(s4)c(-c4c(F)c(F)c(F)c(F)c4F)c4nc(c(-c5c(F)c(F)c(F)c(F)c5F)c5ccc2s5)C=C4)C=C3)c(F)c1F. The third kappa shape index (κ3) is 6.61. The summed E-state index contributed by atoms with van der Waals surface area (Å²) in [6.07, 6.45) is 2.58. The molecule has 346 valence electrons. The van der Waals surface area contributed by atoms with Crippen molar-refractivity contribution in [3.05, 3.63) is 163 Å². The topological polar surface area (TPSA) is 25.8 Å². The molecule has 0 saturated heterocycles. The second-order valence-electron chi connectivity index (χ2n) is 14.0. The van der Waals surface area contributed by atoms with E-state index in [-0.39, 0.29) is 22.7 Å². The van der Waals surface area contributed by atoms with Gasteiger partial charge >= 0.3 is 0 Å². The summed E-state index contributed by atoms with van der Waals surface area (Å²) in [6.45, 7) is 0. The summed E-state index contributed by atoms with van der Waals surface area (Å²) >= 11 is 0.0339. The lowest BCUT2D eigenvalue weighted by Crippen LogP contribution is -2.05. The van der Waals surface area contributed by atoms with Crippen molar-refractivity contribution in [2.45, 2.75) is 0 Å². The van der Waals surface area contributed by atoms with Crippen molar-refractivity contribution in [1.82, 2.24) is 9.97 Å². The van der Waals surface area contributed by atoms with Gasteiger partial charge in [0.15, 0.2) is 93.1 Å². The van der Waals surface area contributed by atoms with Crippen molar-refractivity contribution < 1.29 is 87.8 Å². The molecule has 3 aromatic heterocycles. The van der Waals surface area contributed by atoms with Crippen molar-refractivity contribution >= 4 is 65.8 Å². The summed E-state index contributed by atoms with van der Waals surface area (Å²) < 4.78 is 300. The van der Waals surface area contributed by atoms with Gasteiger partial charge in [0.25, 0.3) is 0 Å². The fourth-order valence-corrected chi connectivity index (χ4v) is 9.56. The Bertz CT molecular complexity index is 3120. The number of benzene rings is 4. The Kier molecular flexibility index (Phi) is 11.0. The van der Waals surface area contributed by atoms with Crippen LogP contribution in [-0.4, -0.2) is 9.97 Å². The highest BCUT2D eigenvalue weighted by molar-refractivity contribution is 7.24. The van der Waals surface area contributed by atoms with Crippen molar-refractivity contribution in [3.8, 4) is 44.5 Å². The molecule has 0 aliphatic carbocycles. The van der Waals surface area contributed by atoms with E-state index in [4.69, 9.17) is 0 Å². The number of halogens is 20. The first-order chi connectivity index (χ1) is 32.1. The van der Waals surface area contributed by atoms with E-state index < -0.39 is 202 Å². The predicted molar refractivity (Wildman–Crippen MR) is 207 cm³/mol. The third-order valence-electron chi connectivity index (χ3n) is 10.3. The highest BCUT2D eigenvalue weighted by Crippen LogP contribution is 2.47. The smallest absolute Gasteiger partial charge is 0.200 e. The van der Waals surface area contributed by atoms with Crippen molar-refractivity contribution in [1.29, 1.82) is 0 Å². The molecule has 0 spiro atoms. The molecule has 2 aliphatic rings. The van der Waals surface area contributed by atoms with Crippen LogP contribution in [0.4, 0.5) is 87.8 Å². The molecule has 0 radical (unpaired) electrons. The van der Waals surface area contributed by atoms with Crippen LogP contribution in [0.1, 0.15) is 22.8 Å². The van der Waals surface area contributed by atoms with Gasteiger partial charge in [-0.3, -0.25) is 0 Å². The third-order valence-corrected chi connectivity index (χ3v) is 12.6. The van der Waals surface area contributed by atoms with Crippen LogP contribution in [0, 0.1) is 116 Å². The molecular weight excluding hydrogens is 1000 g/mol. The number of thiophene rings is 2. The number of fused-ring (bicyclic) bond motifs is 8. The molecule has 0 saturated carbocycles. The summed E-state index contributed by atoms with van der Waals surface area (Å²) in [4.78, 5) is 7.97. The zero-order chi connectivity index (χ0) is 49.3. The van der Waals surface area contributed by atoms with Gasteiger partial charge in [0.1, 0.15) is 0 Å². The molecule has 2 nitrogen and oxygen atoms in total. The van der Waals surface area contributed by atoms with Gasteiger partial charge in [-0.15, -0.1) is 22.7 Å². The van der Waals surface area contributed by atoms with Crippen LogP contribution in [0.25, 0.3) is 87.6 Å². The molecular formula is C44H8F20N2S2. The summed E-state index contributed by atoms with van der Waals surface area (Å²) in [5.41, 5.74) is -15.9. The highest BCUT2D eigenvalue weighted by atomic mass is 32.1. The van der Waals surface area contributed by atoms with E-state index in [0.29, 0.717) is 48.6 Å². The number of rotatable bonds is 4. The number of hydrogen-bond donors (Lipinski definition) is 0. The number of hydrogen-bond acceptors (Lipinski definition) is 4. The molecule has 24 heteroatoms. The summed E-state index contributed by atoms with van der Waals surface area (Å²) in [6, 6.07) is 2.84. The van der Waals surface area contributed by atoms with Crippen molar-refractivity contribution in [3.63, 3.8) is 0 Å². The molecule has 9 rings (SSSR count). The van der Waals surface area contributed by atoms with Gasteiger partial charge in [0.2, 0.25) is 23.3 Å². The van der Waals surface area contributed by atoms with Gasteiger partial charge in [-0.05, 0) is 48.6 Å². The summed E-state index contributed by atoms with van der Waals surface area (Å²) in [7, 11) is 0. The van der Waals surface area contributed by atoms with Gasteiger partial charge in [-0.25, -0.2) is 97.8 Å². The van der Waals surface area contributed by atoms with Gasteiger partial charge < -0.3 is 0 Å². The molecule has 0 atom stereocenters. The molecule has 0 N–H and O–H groups in total. The van der Waals surface area contributed by atoms with Gasteiger partial charge in [-0.1, -0.05) is 0 Å². The summed E-state index contributed by atoms with van der Waals surface area (Å²) in [5.74, 6) is -52.1. The molecule has 5 heterocycles. The normalized spacial score (nSPS) is 12.3. The maximum absolute atomic E-state index is 15.8. The lowest BCUT2D eigenvalue weighted by Gasteiger charge is -2.11.